The summed E-state index contributed by atoms with van der Waals surface area (Å²) in [7, 11) is 4.67. The number of nitrogen functional groups attached to an aromatic ring is 1. The van der Waals surface area contributed by atoms with Crippen molar-refractivity contribution in [3.8, 4) is 34.5 Å². The third-order valence-corrected chi connectivity index (χ3v) is 4.40. The van der Waals surface area contributed by atoms with Crippen molar-refractivity contribution in [1.29, 1.82) is 0 Å². The number of rotatable bonds is 10. The Hall–Kier alpha value is -2.76. The Morgan fingerprint density at radius 1 is 0.857 bits per heavy atom. The zero-order valence-electron chi connectivity index (χ0n) is 17.6. The third kappa shape index (κ3) is 5.38. The van der Waals surface area contributed by atoms with Crippen molar-refractivity contribution in [3.05, 3.63) is 30.3 Å². The number of methoxy groups -OCH3 is 3. The highest BCUT2D eigenvalue weighted by molar-refractivity contribution is 5.60. The largest absolute Gasteiger partial charge is 0.493 e. The standard InChI is InChI=1S/C22H31NO5/c1-7-10-22(2,3)14-27-15-8-9-18(17(23)11-15)28-16-12-19(24-4)21(26-6)20(13-16)25-5/h8-9,11-13H,7,10,14,23H2,1-6H3. The predicted molar refractivity (Wildman–Crippen MR) is 111 cm³/mol. The molecular weight excluding hydrogens is 358 g/mol. The molecule has 0 heterocycles. The molecule has 0 amide bonds. The Labute approximate surface area is 167 Å². The minimum Gasteiger partial charge on any atom is -0.493 e. The lowest BCUT2D eigenvalue weighted by Crippen LogP contribution is -2.21. The van der Waals surface area contributed by atoms with Crippen molar-refractivity contribution >= 4 is 5.69 Å². The van der Waals surface area contributed by atoms with Crippen LogP contribution in [0.2, 0.25) is 0 Å². The van der Waals surface area contributed by atoms with Gasteiger partial charge in [0.2, 0.25) is 5.75 Å². The van der Waals surface area contributed by atoms with Crippen LogP contribution < -0.4 is 29.4 Å². The molecule has 2 aromatic carbocycles. The van der Waals surface area contributed by atoms with Crippen LogP contribution in [0.25, 0.3) is 0 Å². The molecule has 0 aliphatic rings. The number of benzene rings is 2. The van der Waals surface area contributed by atoms with E-state index in [-0.39, 0.29) is 5.41 Å². The SMILES string of the molecule is CCCC(C)(C)COc1ccc(Oc2cc(OC)c(OC)c(OC)c2)c(N)c1. The van der Waals surface area contributed by atoms with E-state index in [4.69, 9.17) is 29.4 Å². The van der Waals surface area contributed by atoms with Gasteiger partial charge < -0.3 is 29.4 Å². The number of hydrogen-bond donors (Lipinski definition) is 1. The van der Waals surface area contributed by atoms with E-state index in [1.54, 1.807) is 45.6 Å². The van der Waals surface area contributed by atoms with Crippen molar-refractivity contribution < 1.29 is 23.7 Å². The molecule has 6 nitrogen and oxygen atoms in total. The molecule has 6 heteroatoms. The summed E-state index contributed by atoms with van der Waals surface area (Å²) in [5.41, 5.74) is 6.78. The summed E-state index contributed by atoms with van der Waals surface area (Å²) in [6.07, 6.45) is 2.23. The Kier molecular flexibility index (Phi) is 7.26. The lowest BCUT2D eigenvalue weighted by Gasteiger charge is -2.24. The van der Waals surface area contributed by atoms with E-state index in [1.807, 2.05) is 6.07 Å². The van der Waals surface area contributed by atoms with E-state index in [2.05, 4.69) is 20.8 Å². The minimum absolute atomic E-state index is 0.120. The molecule has 0 atom stereocenters. The van der Waals surface area contributed by atoms with Gasteiger partial charge in [0, 0.05) is 18.2 Å². The second-order valence-electron chi connectivity index (χ2n) is 7.37. The number of ether oxygens (including phenoxy) is 5. The van der Waals surface area contributed by atoms with Gasteiger partial charge in [0.05, 0.1) is 33.6 Å². The van der Waals surface area contributed by atoms with E-state index < -0.39 is 0 Å². The Balaban J connectivity index is 2.17. The molecule has 0 aromatic heterocycles. The van der Waals surface area contributed by atoms with Crippen LogP contribution in [-0.2, 0) is 0 Å². The molecule has 28 heavy (non-hydrogen) atoms. The fourth-order valence-electron chi connectivity index (χ4n) is 2.98. The van der Waals surface area contributed by atoms with Crippen LogP contribution in [-0.4, -0.2) is 27.9 Å². The van der Waals surface area contributed by atoms with Crippen molar-refractivity contribution in [2.75, 3.05) is 33.7 Å². The number of nitrogens with two attached hydrogens (primary N) is 1. The molecule has 2 rings (SSSR count). The van der Waals surface area contributed by atoms with Gasteiger partial charge in [-0.2, -0.15) is 0 Å². The molecule has 0 radical (unpaired) electrons. The topological polar surface area (TPSA) is 72.2 Å². The van der Waals surface area contributed by atoms with E-state index in [0.717, 1.165) is 18.6 Å². The monoisotopic (exact) mass is 389 g/mol. The number of hydrogen-bond acceptors (Lipinski definition) is 6. The highest BCUT2D eigenvalue weighted by Gasteiger charge is 2.18. The van der Waals surface area contributed by atoms with Gasteiger partial charge in [0.1, 0.15) is 11.5 Å². The van der Waals surface area contributed by atoms with Crippen LogP contribution in [0.1, 0.15) is 33.6 Å². The molecule has 0 fully saturated rings. The Bertz CT molecular complexity index is 763. The van der Waals surface area contributed by atoms with Gasteiger partial charge in [-0.05, 0) is 24.0 Å². The maximum atomic E-state index is 6.17. The van der Waals surface area contributed by atoms with Gasteiger partial charge >= 0.3 is 0 Å². The summed E-state index contributed by atoms with van der Waals surface area (Å²) < 4.78 is 27.9. The average Bonchev–Trinajstić information content (AvgIpc) is 2.67. The van der Waals surface area contributed by atoms with Crippen molar-refractivity contribution in [1.82, 2.24) is 0 Å². The Morgan fingerprint density at radius 2 is 1.50 bits per heavy atom. The predicted octanol–water partition coefficient (Wildman–Crippen LogP) is 5.29. The zero-order chi connectivity index (χ0) is 20.7. The van der Waals surface area contributed by atoms with Crippen LogP contribution in [0.4, 0.5) is 5.69 Å². The van der Waals surface area contributed by atoms with E-state index in [1.165, 1.54) is 0 Å². The second kappa shape index (κ2) is 9.44. The lowest BCUT2D eigenvalue weighted by atomic mass is 9.89. The fraction of sp³-hybridized carbons (Fsp3) is 0.455. The van der Waals surface area contributed by atoms with E-state index in [9.17, 15) is 0 Å². The minimum atomic E-state index is 0.120. The van der Waals surface area contributed by atoms with E-state index in [0.29, 0.717) is 41.0 Å². The van der Waals surface area contributed by atoms with Crippen molar-refractivity contribution in [3.63, 3.8) is 0 Å². The molecule has 0 unspecified atom stereocenters. The lowest BCUT2D eigenvalue weighted by molar-refractivity contribution is 0.169. The van der Waals surface area contributed by atoms with Crippen molar-refractivity contribution in [2.45, 2.75) is 33.6 Å². The van der Waals surface area contributed by atoms with Gasteiger partial charge in [0.25, 0.3) is 0 Å². The normalized spacial score (nSPS) is 11.1. The maximum absolute atomic E-state index is 6.17. The molecule has 0 saturated heterocycles. The first-order chi connectivity index (χ1) is 13.3. The van der Waals surface area contributed by atoms with Gasteiger partial charge in [-0.15, -0.1) is 0 Å². The van der Waals surface area contributed by atoms with Gasteiger partial charge in [-0.1, -0.05) is 27.2 Å². The van der Waals surface area contributed by atoms with Crippen LogP contribution in [0.3, 0.4) is 0 Å². The molecule has 0 bridgehead atoms. The molecule has 0 aliphatic carbocycles. The van der Waals surface area contributed by atoms with Crippen LogP contribution >= 0.6 is 0 Å². The molecular formula is C22H31NO5. The average molecular weight is 389 g/mol. The molecule has 0 aliphatic heterocycles. The summed E-state index contributed by atoms with van der Waals surface area (Å²) in [5.74, 6) is 3.29. The first kappa shape index (κ1) is 21.5. The van der Waals surface area contributed by atoms with Gasteiger partial charge in [-0.3, -0.25) is 0 Å². The molecule has 0 saturated carbocycles. The maximum Gasteiger partial charge on any atom is 0.203 e. The highest BCUT2D eigenvalue weighted by atomic mass is 16.5. The van der Waals surface area contributed by atoms with Gasteiger partial charge in [-0.25, -0.2) is 0 Å². The molecule has 0 spiro atoms. The molecule has 154 valence electrons. The fourth-order valence-corrected chi connectivity index (χ4v) is 2.98. The summed E-state index contributed by atoms with van der Waals surface area (Å²) in [5, 5.41) is 0. The smallest absolute Gasteiger partial charge is 0.203 e. The van der Waals surface area contributed by atoms with Crippen molar-refractivity contribution in [2.24, 2.45) is 5.41 Å². The summed E-state index contributed by atoms with van der Waals surface area (Å²) in [6.45, 7) is 7.20. The van der Waals surface area contributed by atoms with E-state index >= 15 is 0 Å². The second-order valence-corrected chi connectivity index (χ2v) is 7.37. The van der Waals surface area contributed by atoms with Gasteiger partial charge in [0.15, 0.2) is 17.2 Å². The highest BCUT2D eigenvalue weighted by Crippen LogP contribution is 2.42. The summed E-state index contributed by atoms with van der Waals surface area (Å²) in [6, 6.07) is 8.86. The first-order valence-corrected chi connectivity index (χ1v) is 9.33. The summed E-state index contributed by atoms with van der Waals surface area (Å²) in [4.78, 5) is 0. The Morgan fingerprint density at radius 3 is 2.00 bits per heavy atom. The quantitative estimate of drug-likeness (QED) is 0.557. The third-order valence-electron chi connectivity index (χ3n) is 4.40. The zero-order valence-corrected chi connectivity index (χ0v) is 17.6. The number of anilines is 1. The molecule has 2 aromatic rings. The van der Waals surface area contributed by atoms with Crippen LogP contribution in [0, 0.1) is 5.41 Å². The first-order valence-electron chi connectivity index (χ1n) is 9.33. The van der Waals surface area contributed by atoms with Crippen LogP contribution in [0.5, 0.6) is 34.5 Å². The molecule has 2 N–H and O–H groups in total. The summed E-state index contributed by atoms with van der Waals surface area (Å²) >= 11 is 0. The van der Waals surface area contributed by atoms with Crippen LogP contribution in [0.15, 0.2) is 30.3 Å².